The van der Waals surface area contributed by atoms with Gasteiger partial charge in [0.25, 0.3) is 0 Å². The maximum atomic E-state index is 6.00. The van der Waals surface area contributed by atoms with E-state index in [1.165, 1.54) is 44.9 Å². The topological polar surface area (TPSA) is 137 Å². The Hall–Kier alpha value is -1.76. The number of hydrogen-bond acceptors (Lipinski definition) is 9. The smallest absolute Gasteiger partial charge is 0.374 e. The molecule has 0 bridgehead atoms. The first-order valence-corrected chi connectivity index (χ1v) is 15.0. The van der Waals surface area contributed by atoms with E-state index in [1.807, 2.05) is 20.8 Å². The average Bonchev–Trinajstić information content (AvgIpc) is 3.54. The summed E-state index contributed by atoms with van der Waals surface area (Å²) >= 11 is 0. The Bertz CT molecular complexity index is 688. The second-order valence-electron chi connectivity index (χ2n) is 8.54. The van der Waals surface area contributed by atoms with E-state index < -0.39 is 8.80 Å². The van der Waals surface area contributed by atoms with Gasteiger partial charge in [0.2, 0.25) is 0 Å². The van der Waals surface area contributed by atoms with Gasteiger partial charge in [-0.1, -0.05) is 55.4 Å². The quantitative estimate of drug-likeness (QED) is 0.180. The van der Waals surface area contributed by atoms with Gasteiger partial charge in [0.1, 0.15) is 0 Å². The van der Waals surface area contributed by atoms with Crippen LogP contribution in [0.25, 0.3) is 0 Å². The van der Waals surface area contributed by atoms with Gasteiger partial charge in [-0.15, -0.1) is 20.4 Å². The largest absolute Gasteiger partial charge is 0.500 e. The summed E-state index contributed by atoms with van der Waals surface area (Å²) < 4.78 is 18.0. The zero-order chi connectivity index (χ0) is 24.3. The van der Waals surface area contributed by atoms with E-state index in [1.54, 1.807) is 0 Å². The highest BCUT2D eigenvalue weighted by Crippen LogP contribution is 2.28. The lowest BCUT2D eigenvalue weighted by atomic mass is 9.95. The Kier molecular flexibility index (Phi) is 14.8. The number of nitrogens with zero attached hydrogens (tertiary/aromatic N) is 6. The van der Waals surface area contributed by atoms with Crippen molar-refractivity contribution in [3.05, 3.63) is 11.6 Å². The van der Waals surface area contributed by atoms with Crippen LogP contribution in [0.3, 0.4) is 0 Å². The Labute approximate surface area is 204 Å². The molecule has 0 radical (unpaired) electrons. The summed E-state index contributed by atoms with van der Waals surface area (Å²) in [4.78, 5) is 0. The van der Waals surface area contributed by atoms with Crippen LogP contribution in [0.15, 0.2) is 0 Å². The molecule has 0 spiro atoms. The molecule has 0 aliphatic carbocycles. The molecule has 0 amide bonds. The van der Waals surface area contributed by atoms with Crippen LogP contribution in [-0.2, 0) is 19.7 Å². The lowest BCUT2D eigenvalue weighted by Gasteiger charge is -2.28. The summed E-state index contributed by atoms with van der Waals surface area (Å²) in [5.41, 5.74) is 0. The molecule has 1 atom stereocenters. The Morgan fingerprint density at radius 2 is 1.24 bits per heavy atom. The third kappa shape index (κ3) is 11.1. The van der Waals surface area contributed by atoms with E-state index in [-0.39, 0.29) is 0 Å². The number of aromatic nitrogens is 8. The number of aromatic amines is 2. The highest BCUT2D eigenvalue weighted by molar-refractivity contribution is 6.60. The maximum Gasteiger partial charge on any atom is 0.500 e. The van der Waals surface area contributed by atoms with E-state index in [4.69, 9.17) is 13.3 Å². The molecule has 34 heavy (non-hydrogen) atoms. The lowest BCUT2D eigenvalue weighted by molar-refractivity contribution is 0.0705. The first-order valence-electron chi connectivity index (χ1n) is 13.1. The van der Waals surface area contributed by atoms with Crippen LogP contribution in [0.1, 0.15) is 109 Å². The predicted molar refractivity (Wildman–Crippen MR) is 131 cm³/mol. The summed E-state index contributed by atoms with van der Waals surface area (Å²) in [6.45, 7) is 7.83. The average molecular weight is 497 g/mol. The molecule has 2 N–H and O–H groups in total. The van der Waals surface area contributed by atoms with Crippen LogP contribution in [0.4, 0.5) is 0 Å². The second-order valence-corrected chi connectivity index (χ2v) is 11.3. The van der Waals surface area contributed by atoms with Crippen molar-refractivity contribution in [1.82, 2.24) is 41.2 Å². The summed E-state index contributed by atoms with van der Waals surface area (Å²) in [7, 11) is -2.60. The molecule has 0 saturated heterocycles. The fraction of sp³-hybridized carbons (Fsp3) is 0.909. The number of nitrogens with one attached hydrogen (secondary N) is 2. The van der Waals surface area contributed by atoms with Gasteiger partial charge < -0.3 is 13.3 Å². The zero-order valence-corrected chi connectivity index (χ0v) is 22.3. The third-order valence-corrected chi connectivity index (χ3v) is 9.10. The van der Waals surface area contributed by atoms with E-state index in [9.17, 15) is 0 Å². The Morgan fingerprint density at radius 1 is 0.676 bits per heavy atom. The maximum absolute atomic E-state index is 6.00. The van der Waals surface area contributed by atoms with Crippen LogP contribution in [0, 0.1) is 0 Å². The predicted octanol–water partition coefficient (Wildman–Crippen LogP) is 4.38. The van der Waals surface area contributed by atoms with Crippen molar-refractivity contribution < 1.29 is 13.3 Å². The number of rotatable bonds is 22. The van der Waals surface area contributed by atoms with E-state index in [0.29, 0.717) is 25.7 Å². The second kappa shape index (κ2) is 17.6. The van der Waals surface area contributed by atoms with E-state index in [0.717, 1.165) is 49.8 Å². The van der Waals surface area contributed by atoms with Crippen molar-refractivity contribution in [3.8, 4) is 0 Å². The Balaban J connectivity index is 1.63. The van der Waals surface area contributed by atoms with Gasteiger partial charge in [0.05, 0.1) is 0 Å². The van der Waals surface area contributed by atoms with Gasteiger partial charge in [-0.05, 0) is 46.5 Å². The molecule has 0 fully saturated rings. The van der Waals surface area contributed by atoms with E-state index >= 15 is 0 Å². The summed E-state index contributed by atoms with van der Waals surface area (Å²) in [6, 6.07) is 0.823. The molecule has 0 aliphatic rings. The first kappa shape index (κ1) is 28.5. The molecule has 12 heteroatoms. The van der Waals surface area contributed by atoms with Crippen LogP contribution in [0.2, 0.25) is 6.04 Å². The summed E-state index contributed by atoms with van der Waals surface area (Å²) in [5, 5.41) is 29.0. The van der Waals surface area contributed by atoms with Gasteiger partial charge in [-0.3, -0.25) is 0 Å². The van der Waals surface area contributed by atoms with Gasteiger partial charge >= 0.3 is 8.80 Å². The molecule has 0 saturated carbocycles. The van der Waals surface area contributed by atoms with Crippen molar-refractivity contribution in [1.29, 1.82) is 0 Å². The molecule has 2 rings (SSSR count). The van der Waals surface area contributed by atoms with Crippen LogP contribution >= 0.6 is 0 Å². The number of unbranched alkanes of at least 4 members (excludes halogenated alkanes) is 7. The molecule has 2 aromatic rings. The van der Waals surface area contributed by atoms with Gasteiger partial charge in [0.15, 0.2) is 11.6 Å². The minimum atomic E-state index is -2.60. The fourth-order valence-corrected chi connectivity index (χ4v) is 6.97. The number of tetrazole rings is 2. The standard InChI is InChI=1S/C22H44N8O3Si/c1-4-31-34(32-5-2,33-6-3)19-15-17-20(22-25-29-30-26-22)16-13-11-9-7-8-10-12-14-18-21-23-27-28-24-21/h20H,4-19H2,1-3H3,(H,23,24,27,28)(H,25,26,29,30). The molecular weight excluding hydrogens is 452 g/mol. The lowest BCUT2D eigenvalue weighted by Crippen LogP contribution is -2.45. The summed E-state index contributed by atoms with van der Waals surface area (Å²) in [6.07, 6.45) is 13.9. The van der Waals surface area contributed by atoms with Crippen LogP contribution in [-0.4, -0.2) is 69.9 Å². The van der Waals surface area contributed by atoms with Crippen molar-refractivity contribution >= 4 is 8.80 Å². The van der Waals surface area contributed by atoms with Crippen molar-refractivity contribution in [2.45, 2.75) is 110 Å². The Morgan fingerprint density at radius 3 is 1.79 bits per heavy atom. The third-order valence-electron chi connectivity index (χ3n) is 5.95. The molecule has 1 unspecified atom stereocenters. The van der Waals surface area contributed by atoms with Gasteiger partial charge in [-0.25, -0.2) is 0 Å². The number of aryl methyl sites for hydroxylation is 1. The minimum Gasteiger partial charge on any atom is -0.374 e. The number of H-pyrrole nitrogens is 2. The van der Waals surface area contributed by atoms with Crippen molar-refractivity contribution in [2.24, 2.45) is 0 Å². The van der Waals surface area contributed by atoms with Crippen molar-refractivity contribution in [3.63, 3.8) is 0 Å². The molecule has 2 aromatic heterocycles. The van der Waals surface area contributed by atoms with Gasteiger partial charge in [-0.2, -0.15) is 10.4 Å². The number of hydrogen-bond donors (Lipinski definition) is 2. The summed E-state index contributed by atoms with van der Waals surface area (Å²) in [5.74, 6) is 1.94. The fourth-order valence-electron chi connectivity index (χ4n) is 4.33. The molecular formula is C22H44N8O3Si. The zero-order valence-electron chi connectivity index (χ0n) is 21.3. The monoisotopic (exact) mass is 496 g/mol. The molecule has 11 nitrogen and oxygen atoms in total. The minimum absolute atomic E-state index is 0.306. The van der Waals surface area contributed by atoms with Gasteiger partial charge in [0, 0.05) is 38.2 Å². The molecule has 0 aromatic carbocycles. The SMILES string of the molecule is CCO[Si](CCCC(CCCCCCCCCCc1nn[nH]n1)c1nn[nH]n1)(OCC)OCC. The van der Waals surface area contributed by atoms with E-state index in [2.05, 4.69) is 41.2 Å². The van der Waals surface area contributed by atoms with Crippen LogP contribution in [0.5, 0.6) is 0 Å². The first-order chi connectivity index (χ1) is 16.7. The molecule has 0 aliphatic heterocycles. The molecule has 194 valence electrons. The molecule has 2 heterocycles. The normalized spacial score (nSPS) is 12.9. The van der Waals surface area contributed by atoms with Crippen molar-refractivity contribution in [2.75, 3.05) is 19.8 Å². The highest BCUT2D eigenvalue weighted by atomic mass is 28.4. The van der Waals surface area contributed by atoms with Crippen LogP contribution < -0.4 is 0 Å². The highest BCUT2D eigenvalue weighted by Gasteiger charge is 2.39.